The van der Waals surface area contributed by atoms with Crippen molar-refractivity contribution in [1.29, 1.82) is 0 Å². The normalized spacial score (nSPS) is 22.8. The standard InChI is InChI=1S/C30H26F3N4O5.Fm/c1-3-14-16-8-22-25-17(10-37(22)28(40)18(16)11-42-29(14)41)24-20(35-27(39)26-30(32,33)6-7-36(26)12-38)5-4-15-13(2)19(31)9-21(34-25)23(15)24;/h8-9,14,20,26H,3-7,10-11H2,1-2H3,(H,35,39);/q-1;. The number of carbonyl (C=O) groups is 2. The van der Waals surface area contributed by atoms with Gasteiger partial charge in [0.1, 0.15) is 18.5 Å². The third-order valence-electron chi connectivity index (χ3n) is 9.28. The van der Waals surface area contributed by atoms with Crippen LogP contribution in [0.3, 0.4) is 0 Å². The Hall–Kier alpha value is -5.22. The Morgan fingerprint density at radius 2 is 2.00 bits per heavy atom. The number of nitrogens with one attached hydrogen (secondary N) is 1. The number of ether oxygens (including phenoxy) is 1. The van der Waals surface area contributed by atoms with E-state index in [1.165, 1.54) is 17.0 Å². The zero-order valence-electron chi connectivity index (χ0n) is 23.1. The number of rotatable bonds is 4. The molecule has 0 spiro atoms. The van der Waals surface area contributed by atoms with E-state index in [1.54, 1.807) is 13.0 Å². The van der Waals surface area contributed by atoms with Crippen LogP contribution in [0.4, 0.5) is 13.2 Å². The largest absolute Gasteiger partial charge is 0.520 e. The first-order chi connectivity index (χ1) is 20.1. The van der Waals surface area contributed by atoms with Gasteiger partial charge in [0.15, 0.2) is 0 Å². The fraction of sp³-hybridized carbons (Fsp3) is 0.433. The fourth-order valence-electron chi connectivity index (χ4n) is 7.17. The van der Waals surface area contributed by atoms with Crippen LogP contribution in [-0.2, 0) is 38.7 Å². The van der Waals surface area contributed by atoms with Crippen molar-refractivity contribution in [1.82, 2.24) is 19.8 Å². The van der Waals surface area contributed by atoms with Crippen LogP contribution in [0.15, 0.2) is 16.9 Å². The number of carbonyl (C=O) groups excluding carboxylic acids is 3. The zero-order valence-corrected chi connectivity index (χ0v) is 25.5. The van der Waals surface area contributed by atoms with Crippen molar-refractivity contribution in [2.24, 2.45) is 0 Å². The Kier molecular flexibility index (Phi) is 6.10. The number of cyclic esters (lactones) is 1. The Morgan fingerprint density at radius 3 is 2.72 bits per heavy atom. The number of fused-ring (bicyclic) bond motifs is 5. The number of halogens is 3. The van der Waals surface area contributed by atoms with Crippen molar-refractivity contribution >= 4 is 29.2 Å². The van der Waals surface area contributed by atoms with Crippen LogP contribution < -0.4 is 10.9 Å². The summed E-state index contributed by atoms with van der Waals surface area (Å²) in [7, 11) is 0. The van der Waals surface area contributed by atoms with Crippen molar-refractivity contribution in [2.45, 2.75) is 76.6 Å². The summed E-state index contributed by atoms with van der Waals surface area (Å²) in [6.07, 6.45) is 1.90. The minimum Gasteiger partial charge on any atom is -0.520 e. The molecule has 9 nitrogen and oxygen atoms in total. The molecule has 0 radical (unpaired) electrons. The molecule has 13 heteroatoms. The maximum absolute atomic E-state index is 15.1. The van der Waals surface area contributed by atoms with Gasteiger partial charge in [-0.3, -0.25) is 14.4 Å². The van der Waals surface area contributed by atoms with E-state index in [-0.39, 0.29) is 25.3 Å². The maximum atomic E-state index is 15.1. The summed E-state index contributed by atoms with van der Waals surface area (Å²) in [5.74, 6) is -5.89. The molecule has 5 heterocycles. The third kappa shape index (κ3) is 3.76. The van der Waals surface area contributed by atoms with Crippen LogP contribution in [-0.4, -0.2) is 51.2 Å². The van der Waals surface area contributed by atoms with E-state index < -0.39 is 48.0 Å². The van der Waals surface area contributed by atoms with Crippen molar-refractivity contribution in [3.8, 4) is 11.4 Å². The number of pyridine rings is 2. The molecule has 1 N–H and O–H groups in total. The van der Waals surface area contributed by atoms with E-state index in [2.05, 4.69) is 5.32 Å². The molecule has 3 aliphatic heterocycles. The van der Waals surface area contributed by atoms with E-state index in [0.717, 1.165) is 0 Å². The third-order valence-corrected chi connectivity index (χ3v) is 9.28. The number of aryl methyl sites for hydroxylation is 1. The first-order valence-corrected chi connectivity index (χ1v) is 14.0. The van der Waals surface area contributed by atoms with Crippen molar-refractivity contribution in [3.05, 3.63) is 61.7 Å². The number of benzene rings is 1. The average molecular weight is 837 g/mol. The number of aromatic nitrogens is 2. The summed E-state index contributed by atoms with van der Waals surface area (Å²) in [6, 6.07) is 0.321. The molecule has 3 unspecified atom stereocenters. The van der Waals surface area contributed by atoms with Crippen LogP contribution in [0.2, 0.25) is 0 Å². The van der Waals surface area contributed by atoms with Gasteiger partial charge in [-0.1, -0.05) is 6.92 Å². The number of hydrogen-bond donors (Lipinski definition) is 1. The number of likely N-dealkylation sites (tertiary alicyclic amines) is 1. The molecular formula is C30H26F3FmN4O5-. The molecule has 3 atom stereocenters. The molecule has 2 amide bonds. The summed E-state index contributed by atoms with van der Waals surface area (Å²) < 4.78 is 51.3. The van der Waals surface area contributed by atoms with Crippen molar-refractivity contribution < 1.29 is 32.3 Å². The van der Waals surface area contributed by atoms with Crippen molar-refractivity contribution in [3.63, 3.8) is 0 Å². The second kappa shape index (κ2) is 9.40. The summed E-state index contributed by atoms with van der Waals surface area (Å²) in [5.41, 5.74) is 4.18. The number of hydrogen-bond acceptors (Lipinski definition) is 6. The van der Waals surface area contributed by atoms with Gasteiger partial charge in [0, 0.05) is 23.4 Å². The summed E-state index contributed by atoms with van der Waals surface area (Å²) in [6.45, 7) is 3.15. The van der Waals surface area contributed by atoms with E-state index in [4.69, 9.17) is 9.72 Å². The van der Waals surface area contributed by atoms with Crippen LogP contribution in [0.5, 0.6) is 0 Å². The van der Waals surface area contributed by atoms with Gasteiger partial charge in [0.25, 0.3) is 11.5 Å². The van der Waals surface area contributed by atoms with Crippen LogP contribution in [0.25, 0.3) is 22.3 Å². The molecule has 1 aromatic carbocycles. The minimum absolute atomic E-state index is 0. The van der Waals surface area contributed by atoms with Gasteiger partial charge >= 0.3 is 5.97 Å². The molecule has 1 fully saturated rings. The predicted molar refractivity (Wildman–Crippen MR) is 143 cm³/mol. The second-order valence-electron chi connectivity index (χ2n) is 11.4. The van der Waals surface area contributed by atoms with Gasteiger partial charge in [-0.05, 0) is 61.1 Å². The average Bonchev–Trinajstić information content (AvgIpc) is 3.48. The molecule has 4 aliphatic rings. The minimum atomic E-state index is -3.42. The maximum Gasteiger partial charge on any atom is 0.313 e. The van der Waals surface area contributed by atoms with Gasteiger partial charge < -0.3 is 24.3 Å². The molecule has 1 aliphatic carbocycles. The molecular weight excluding hydrogens is 810 g/mol. The predicted octanol–water partition coefficient (Wildman–Crippen LogP) is 3.30. The van der Waals surface area contributed by atoms with Crippen LogP contribution >= 0.6 is 0 Å². The van der Waals surface area contributed by atoms with Gasteiger partial charge in [-0.15, -0.1) is 0 Å². The molecule has 43 heavy (non-hydrogen) atoms. The van der Waals surface area contributed by atoms with Crippen LogP contribution in [0, 0.1) is 12.7 Å². The Labute approximate surface area is 237 Å². The molecule has 0 saturated carbocycles. The first kappa shape index (κ1) is 27.9. The van der Waals surface area contributed by atoms with E-state index >= 15 is 4.39 Å². The Bertz CT molecular complexity index is 1810. The Morgan fingerprint density at radius 1 is 1.23 bits per heavy atom. The van der Waals surface area contributed by atoms with Crippen molar-refractivity contribution in [2.75, 3.05) is 6.54 Å². The molecule has 230 valence electrons. The van der Waals surface area contributed by atoms with E-state index in [9.17, 15) is 28.0 Å². The topological polar surface area (TPSA) is 111 Å². The number of nitrogens with zero attached hydrogens (tertiary/aromatic N) is 3. The monoisotopic (exact) mass is 836 g/mol. The number of amides is 2. The summed E-state index contributed by atoms with van der Waals surface area (Å²) in [4.78, 5) is 56.3. The second-order valence-corrected chi connectivity index (χ2v) is 11.4. The van der Waals surface area contributed by atoms with Gasteiger partial charge in [-0.2, -0.15) is 6.41 Å². The molecule has 2 aromatic heterocycles. The molecule has 0 bridgehead atoms. The zero-order chi connectivity index (χ0) is 29.7. The SMILES string of the molecule is CCC1C(=O)OCc2c1cc1n(c2=O)Cc2c-1nc1cc(F)c(C)c3c1c2C(NC(=O)C1N([C-]=O)CCC1(F)F)CC3.[Fm]. The van der Waals surface area contributed by atoms with Gasteiger partial charge in [0.05, 0.1) is 41.0 Å². The van der Waals surface area contributed by atoms with E-state index in [0.29, 0.717) is 79.8 Å². The smallest absolute Gasteiger partial charge is 0.313 e. The quantitative estimate of drug-likeness (QED) is 0.250. The molecule has 3 aromatic rings. The first-order valence-electron chi connectivity index (χ1n) is 14.0. The number of esters is 1. The van der Waals surface area contributed by atoms with Crippen LogP contribution in [0.1, 0.15) is 71.5 Å². The van der Waals surface area contributed by atoms with E-state index in [1.807, 2.05) is 6.92 Å². The van der Waals surface area contributed by atoms with Gasteiger partial charge in [0.2, 0.25) is 5.91 Å². The Balaban J connectivity index is 0.00000329. The molecule has 7 rings (SSSR count). The van der Waals surface area contributed by atoms with Gasteiger partial charge in [-0.25, -0.2) is 18.2 Å². The fourth-order valence-corrected chi connectivity index (χ4v) is 7.17. The number of alkyl halides is 2. The summed E-state index contributed by atoms with van der Waals surface area (Å²) >= 11 is 0. The molecule has 1 saturated heterocycles. The summed E-state index contributed by atoms with van der Waals surface area (Å²) in [5, 5.41) is 3.37.